The molecule has 2 aromatic carbocycles. The number of nitrogens with one attached hydrogen (secondary N) is 1. The zero-order valence-corrected chi connectivity index (χ0v) is 9.86. The Balaban J connectivity index is 2.28. The number of hydrogen-bond donors (Lipinski definition) is 2. The zero-order chi connectivity index (χ0) is 12.8. The molecule has 0 aliphatic carbocycles. The molecule has 3 nitrogen and oxygen atoms in total. The maximum Gasteiger partial charge on any atom is 0.207 e. The summed E-state index contributed by atoms with van der Waals surface area (Å²) in [7, 11) is 0. The van der Waals surface area contributed by atoms with E-state index in [4.69, 9.17) is 0 Å². The van der Waals surface area contributed by atoms with Crippen LogP contribution in [0.2, 0.25) is 0 Å². The van der Waals surface area contributed by atoms with Gasteiger partial charge in [-0.1, -0.05) is 60.7 Å². The highest BCUT2D eigenvalue weighted by molar-refractivity contribution is 5.48. The fourth-order valence-electron chi connectivity index (χ4n) is 1.95. The molecule has 0 unspecified atom stereocenters. The number of carbonyl (C=O) groups is 1. The first-order chi connectivity index (χ1) is 8.83. The second-order valence-corrected chi connectivity index (χ2v) is 4.03. The van der Waals surface area contributed by atoms with Crippen molar-refractivity contribution >= 4 is 6.41 Å². The van der Waals surface area contributed by atoms with Crippen molar-refractivity contribution in [3.63, 3.8) is 0 Å². The van der Waals surface area contributed by atoms with Gasteiger partial charge in [-0.25, -0.2) is 0 Å². The van der Waals surface area contributed by atoms with Gasteiger partial charge in [0.25, 0.3) is 0 Å². The van der Waals surface area contributed by atoms with Crippen molar-refractivity contribution in [2.45, 2.75) is 12.1 Å². The van der Waals surface area contributed by atoms with Gasteiger partial charge in [0, 0.05) is 0 Å². The number of aliphatic hydroxyl groups excluding tert-OH is 1. The minimum absolute atomic E-state index is 0.439. The number of amides is 1. The van der Waals surface area contributed by atoms with Crippen LogP contribution in [0.5, 0.6) is 0 Å². The molecule has 18 heavy (non-hydrogen) atoms. The first kappa shape index (κ1) is 12.3. The molecular weight excluding hydrogens is 226 g/mol. The van der Waals surface area contributed by atoms with Gasteiger partial charge in [0.15, 0.2) is 0 Å². The van der Waals surface area contributed by atoms with Crippen molar-refractivity contribution in [3.8, 4) is 0 Å². The van der Waals surface area contributed by atoms with Gasteiger partial charge in [0.2, 0.25) is 6.41 Å². The van der Waals surface area contributed by atoms with E-state index in [9.17, 15) is 9.90 Å². The summed E-state index contributed by atoms with van der Waals surface area (Å²) in [6.07, 6.45) is -0.150. The smallest absolute Gasteiger partial charge is 0.207 e. The van der Waals surface area contributed by atoms with E-state index in [0.717, 1.165) is 11.1 Å². The van der Waals surface area contributed by atoms with E-state index in [1.165, 1.54) is 0 Å². The fraction of sp³-hybridized carbons (Fsp3) is 0.133. The third-order valence-corrected chi connectivity index (χ3v) is 2.86. The maximum atomic E-state index is 10.7. The molecule has 0 aliphatic heterocycles. The van der Waals surface area contributed by atoms with Crippen molar-refractivity contribution < 1.29 is 9.90 Å². The normalized spacial score (nSPS) is 13.6. The summed E-state index contributed by atoms with van der Waals surface area (Å²) >= 11 is 0. The van der Waals surface area contributed by atoms with Crippen LogP contribution < -0.4 is 5.32 Å². The van der Waals surface area contributed by atoms with Gasteiger partial charge in [-0.05, 0) is 11.1 Å². The highest BCUT2D eigenvalue weighted by Gasteiger charge is 2.21. The molecule has 2 atom stereocenters. The summed E-state index contributed by atoms with van der Waals surface area (Å²) < 4.78 is 0. The Morgan fingerprint density at radius 2 is 1.39 bits per heavy atom. The summed E-state index contributed by atoms with van der Waals surface area (Å²) in [5.41, 5.74) is 1.65. The van der Waals surface area contributed by atoms with Gasteiger partial charge in [-0.2, -0.15) is 0 Å². The molecule has 2 rings (SSSR count). The SMILES string of the molecule is O=CN[C@H](c1ccccc1)[C@@H](O)c1ccccc1. The highest BCUT2D eigenvalue weighted by Crippen LogP contribution is 2.27. The van der Waals surface area contributed by atoms with Crippen LogP contribution in [-0.4, -0.2) is 11.5 Å². The first-order valence-corrected chi connectivity index (χ1v) is 5.80. The molecule has 0 aromatic heterocycles. The van der Waals surface area contributed by atoms with Gasteiger partial charge >= 0.3 is 0 Å². The monoisotopic (exact) mass is 241 g/mol. The largest absolute Gasteiger partial charge is 0.386 e. The summed E-state index contributed by atoms with van der Waals surface area (Å²) in [6, 6.07) is 18.3. The minimum atomic E-state index is -0.765. The Morgan fingerprint density at radius 3 is 1.89 bits per heavy atom. The van der Waals surface area contributed by atoms with Gasteiger partial charge in [-0.15, -0.1) is 0 Å². The average molecular weight is 241 g/mol. The second kappa shape index (κ2) is 5.98. The van der Waals surface area contributed by atoms with Crippen LogP contribution in [0, 0.1) is 0 Å². The van der Waals surface area contributed by atoms with E-state index in [1.807, 2.05) is 60.7 Å². The van der Waals surface area contributed by atoms with Crippen LogP contribution in [0.1, 0.15) is 23.3 Å². The Labute approximate surface area is 106 Å². The number of carbonyl (C=O) groups excluding carboxylic acids is 1. The van der Waals surface area contributed by atoms with Gasteiger partial charge < -0.3 is 10.4 Å². The van der Waals surface area contributed by atoms with Crippen LogP contribution in [0.25, 0.3) is 0 Å². The van der Waals surface area contributed by atoms with E-state index in [1.54, 1.807) is 0 Å². The number of hydrogen-bond acceptors (Lipinski definition) is 2. The molecule has 3 heteroatoms. The molecule has 92 valence electrons. The molecule has 0 bridgehead atoms. The number of rotatable bonds is 5. The summed E-state index contributed by atoms with van der Waals surface area (Å²) in [4.78, 5) is 10.7. The molecular formula is C15H15NO2. The van der Waals surface area contributed by atoms with Crippen LogP contribution in [0.15, 0.2) is 60.7 Å². The van der Waals surface area contributed by atoms with E-state index in [-0.39, 0.29) is 0 Å². The van der Waals surface area contributed by atoms with E-state index < -0.39 is 12.1 Å². The Kier molecular flexibility index (Phi) is 4.10. The maximum absolute atomic E-state index is 10.7. The standard InChI is InChI=1S/C15H15NO2/c17-11-16-14(12-7-3-1-4-8-12)15(18)13-9-5-2-6-10-13/h1-11,14-15,18H,(H,16,17)/t14-,15+/m1/s1. The van der Waals surface area contributed by atoms with Crippen molar-refractivity contribution in [2.75, 3.05) is 0 Å². The topological polar surface area (TPSA) is 49.3 Å². The molecule has 1 amide bonds. The molecule has 0 fully saturated rings. The van der Waals surface area contributed by atoms with Crippen molar-refractivity contribution in [1.82, 2.24) is 5.32 Å². The highest BCUT2D eigenvalue weighted by atomic mass is 16.3. The molecule has 0 spiro atoms. The molecule has 0 aliphatic rings. The molecule has 0 saturated carbocycles. The lowest BCUT2D eigenvalue weighted by Crippen LogP contribution is -2.25. The number of aliphatic hydroxyl groups is 1. The molecule has 2 N–H and O–H groups in total. The van der Waals surface area contributed by atoms with Crippen LogP contribution >= 0.6 is 0 Å². The van der Waals surface area contributed by atoms with Crippen molar-refractivity contribution in [3.05, 3.63) is 71.8 Å². The van der Waals surface area contributed by atoms with E-state index in [0.29, 0.717) is 6.41 Å². The zero-order valence-electron chi connectivity index (χ0n) is 9.86. The first-order valence-electron chi connectivity index (χ1n) is 5.80. The van der Waals surface area contributed by atoms with Gasteiger partial charge in [0.1, 0.15) is 6.10 Å². The van der Waals surface area contributed by atoms with Gasteiger partial charge in [-0.3, -0.25) is 4.79 Å². The fourth-order valence-corrected chi connectivity index (χ4v) is 1.95. The Morgan fingerprint density at radius 1 is 0.889 bits per heavy atom. The molecule has 0 heterocycles. The lowest BCUT2D eigenvalue weighted by atomic mass is 9.96. The van der Waals surface area contributed by atoms with Crippen molar-refractivity contribution in [1.29, 1.82) is 0 Å². The minimum Gasteiger partial charge on any atom is -0.386 e. The predicted molar refractivity (Wildman–Crippen MR) is 69.8 cm³/mol. The summed E-state index contributed by atoms with van der Waals surface area (Å²) in [5, 5.41) is 13.0. The molecule has 0 radical (unpaired) electrons. The third kappa shape index (κ3) is 2.76. The van der Waals surface area contributed by atoms with Crippen molar-refractivity contribution in [2.24, 2.45) is 0 Å². The Bertz CT molecular complexity index is 484. The predicted octanol–water partition coefficient (Wildman–Crippen LogP) is 2.21. The summed E-state index contributed by atoms with van der Waals surface area (Å²) in [5.74, 6) is 0. The molecule has 0 saturated heterocycles. The lowest BCUT2D eigenvalue weighted by molar-refractivity contribution is -0.111. The molecule has 2 aromatic rings. The second-order valence-electron chi connectivity index (χ2n) is 4.03. The average Bonchev–Trinajstić information content (AvgIpc) is 2.46. The van der Waals surface area contributed by atoms with E-state index in [2.05, 4.69) is 5.32 Å². The van der Waals surface area contributed by atoms with Crippen LogP contribution in [-0.2, 0) is 4.79 Å². The Hall–Kier alpha value is -2.13. The van der Waals surface area contributed by atoms with Crippen LogP contribution in [0.3, 0.4) is 0 Å². The lowest BCUT2D eigenvalue weighted by Gasteiger charge is -2.23. The third-order valence-electron chi connectivity index (χ3n) is 2.86. The van der Waals surface area contributed by atoms with Gasteiger partial charge in [0.05, 0.1) is 6.04 Å². The summed E-state index contributed by atoms with van der Waals surface area (Å²) in [6.45, 7) is 0. The quantitative estimate of drug-likeness (QED) is 0.788. The van der Waals surface area contributed by atoms with Crippen LogP contribution in [0.4, 0.5) is 0 Å². The van der Waals surface area contributed by atoms with E-state index >= 15 is 0 Å². The number of benzene rings is 2.